The van der Waals surface area contributed by atoms with E-state index in [2.05, 4.69) is 15.9 Å². The van der Waals surface area contributed by atoms with Crippen molar-refractivity contribution in [1.29, 1.82) is 0 Å². The fourth-order valence-electron chi connectivity index (χ4n) is 1.23. The Morgan fingerprint density at radius 1 is 1.64 bits per heavy atom. The third-order valence-corrected chi connectivity index (χ3v) is 3.72. The molecule has 0 radical (unpaired) electrons. The summed E-state index contributed by atoms with van der Waals surface area (Å²) in [6.07, 6.45) is 1.35. The van der Waals surface area contributed by atoms with Crippen LogP contribution in [0.25, 0.3) is 0 Å². The molecule has 1 rings (SSSR count). The van der Waals surface area contributed by atoms with E-state index in [1.807, 2.05) is 18.4 Å². The van der Waals surface area contributed by atoms with Gasteiger partial charge in [-0.3, -0.25) is 0 Å². The summed E-state index contributed by atoms with van der Waals surface area (Å²) in [6.45, 7) is 2.44. The Morgan fingerprint density at radius 3 is 2.86 bits per heavy atom. The lowest BCUT2D eigenvalue weighted by Crippen LogP contribution is -2.28. The van der Waals surface area contributed by atoms with Crippen LogP contribution in [0.4, 0.5) is 0 Å². The first kappa shape index (κ1) is 12.2. The van der Waals surface area contributed by atoms with Gasteiger partial charge in [-0.1, -0.05) is 0 Å². The minimum absolute atomic E-state index is 0.597. The Hall–Kier alpha value is 0.1000. The number of halogens is 1. The SMILES string of the molecule is COCCC(C)(O)Cc1cc(Br)cs1. The van der Waals surface area contributed by atoms with Crippen LogP contribution in [0.1, 0.15) is 18.2 Å². The lowest BCUT2D eigenvalue weighted by molar-refractivity contribution is 0.0256. The van der Waals surface area contributed by atoms with Gasteiger partial charge in [0.05, 0.1) is 5.60 Å². The average molecular weight is 279 g/mol. The smallest absolute Gasteiger partial charge is 0.0689 e. The molecule has 0 saturated carbocycles. The number of rotatable bonds is 5. The minimum atomic E-state index is -0.666. The van der Waals surface area contributed by atoms with E-state index < -0.39 is 5.60 Å². The molecule has 0 aromatic carbocycles. The van der Waals surface area contributed by atoms with Gasteiger partial charge in [0, 0.05) is 34.9 Å². The Bertz CT molecular complexity index is 283. The molecular formula is C10H15BrO2S. The maximum atomic E-state index is 10.0. The van der Waals surface area contributed by atoms with E-state index >= 15 is 0 Å². The van der Waals surface area contributed by atoms with Crippen molar-refractivity contribution in [3.05, 3.63) is 20.8 Å². The van der Waals surface area contributed by atoms with Gasteiger partial charge < -0.3 is 9.84 Å². The molecule has 0 fully saturated rings. The summed E-state index contributed by atoms with van der Waals surface area (Å²) in [5.41, 5.74) is -0.666. The standard InChI is InChI=1S/C10H15BrO2S/c1-10(12,3-4-13-2)6-9-5-8(11)7-14-9/h5,7,12H,3-4,6H2,1-2H3. The lowest BCUT2D eigenvalue weighted by Gasteiger charge is -2.21. The predicted molar refractivity (Wildman–Crippen MR) is 62.8 cm³/mol. The van der Waals surface area contributed by atoms with Crippen LogP contribution < -0.4 is 0 Å². The number of ether oxygens (including phenoxy) is 1. The molecule has 14 heavy (non-hydrogen) atoms. The highest BCUT2D eigenvalue weighted by atomic mass is 79.9. The van der Waals surface area contributed by atoms with Gasteiger partial charge in [0.25, 0.3) is 0 Å². The molecule has 4 heteroatoms. The molecular weight excluding hydrogens is 264 g/mol. The molecule has 80 valence electrons. The molecule has 1 atom stereocenters. The highest BCUT2D eigenvalue weighted by molar-refractivity contribution is 9.10. The summed E-state index contributed by atoms with van der Waals surface area (Å²) in [7, 11) is 1.65. The Kier molecular flexibility index (Phi) is 4.57. The quantitative estimate of drug-likeness (QED) is 0.898. The van der Waals surface area contributed by atoms with Crippen molar-refractivity contribution < 1.29 is 9.84 Å². The van der Waals surface area contributed by atoms with Crippen LogP contribution >= 0.6 is 27.3 Å². The summed E-state index contributed by atoms with van der Waals surface area (Å²) >= 11 is 5.06. The normalized spacial score (nSPS) is 15.4. The first-order chi connectivity index (χ1) is 6.53. The predicted octanol–water partition coefficient (Wildman–Crippen LogP) is 2.84. The van der Waals surface area contributed by atoms with Crippen LogP contribution in [0.3, 0.4) is 0 Å². The van der Waals surface area contributed by atoms with Crippen molar-refractivity contribution in [3.8, 4) is 0 Å². The van der Waals surface area contributed by atoms with Gasteiger partial charge in [0.2, 0.25) is 0 Å². The second-order valence-electron chi connectivity index (χ2n) is 3.65. The first-order valence-corrected chi connectivity index (χ1v) is 6.15. The van der Waals surface area contributed by atoms with E-state index in [4.69, 9.17) is 4.74 Å². The van der Waals surface area contributed by atoms with Crippen molar-refractivity contribution >= 4 is 27.3 Å². The summed E-state index contributed by atoms with van der Waals surface area (Å²) < 4.78 is 6.04. The van der Waals surface area contributed by atoms with Gasteiger partial charge in [-0.2, -0.15) is 0 Å². The van der Waals surface area contributed by atoms with E-state index in [1.165, 1.54) is 4.88 Å². The monoisotopic (exact) mass is 278 g/mol. The Labute approximate surface area is 97.0 Å². The van der Waals surface area contributed by atoms with Crippen LogP contribution in [0, 0.1) is 0 Å². The fraction of sp³-hybridized carbons (Fsp3) is 0.600. The number of methoxy groups -OCH3 is 1. The van der Waals surface area contributed by atoms with E-state index in [0.29, 0.717) is 19.4 Å². The van der Waals surface area contributed by atoms with E-state index in [9.17, 15) is 5.11 Å². The van der Waals surface area contributed by atoms with E-state index in [1.54, 1.807) is 18.4 Å². The maximum absolute atomic E-state index is 10.0. The minimum Gasteiger partial charge on any atom is -0.390 e. The molecule has 2 nitrogen and oxygen atoms in total. The molecule has 0 aliphatic carbocycles. The highest BCUT2D eigenvalue weighted by Gasteiger charge is 2.21. The van der Waals surface area contributed by atoms with Crippen LogP contribution in [-0.4, -0.2) is 24.4 Å². The van der Waals surface area contributed by atoms with Crippen LogP contribution in [0.2, 0.25) is 0 Å². The zero-order valence-corrected chi connectivity index (χ0v) is 10.8. The van der Waals surface area contributed by atoms with Crippen LogP contribution in [-0.2, 0) is 11.2 Å². The Morgan fingerprint density at radius 2 is 2.36 bits per heavy atom. The van der Waals surface area contributed by atoms with Gasteiger partial charge in [0.1, 0.15) is 0 Å². The highest BCUT2D eigenvalue weighted by Crippen LogP contribution is 2.25. The largest absolute Gasteiger partial charge is 0.390 e. The molecule has 1 heterocycles. The zero-order chi connectivity index (χ0) is 10.6. The van der Waals surface area contributed by atoms with Gasteiger partial charge in [-0.15, -0.1) is 11.3 Å². The molecule has 0 bridgehead atoms. The maximum Gasteiger partial charge on any atom is 0.0689 e. The number of hydrogen-bond donors (Lipinski definition) is 1. The van der Waals surface area contributed by atoms with Crippen molar-refractivity contribution in [2.24, 2.45) is 0 Å². The van der Waals surface area contributed by atoms with Crippen LogP contribution in [0.5, 0.6) is 0 Å². The van der Waals surface area contributed by atoms with Gasteiger partial charge in [0.15, 0.2) is 0 Å². The number of aliphatic hydroxyl groups is 1. The molecule has 1 unspecified atom stereocenters. The average Bonchev–Trinajstić information content (AvgIpc) is 2.47. The third kappa shape index (κ3) is 4.09. The lowest BCUT2D eigenvalue weighted by atomic mass is 9.98. The molecule has 0 aliphatic rings. The Balaban J connectivity index is 2.49. The zero-order valence-electron chi connectivity index (χ0n) is 8.42. The van der Waals surface area contributed by atoms with Crippen molar-refractivity contribution in [1.82, 2.24) is 0 Å². The second kappa shape index (κ2) is 5.26. The van der Waals surface area contributed by atoms with Crippen LogP contribution in [0.15, 0.2) is 15.9 Å². The van der Waals surface area contributed by atoms with E-state index in [0.717, 1.165) is 4.47 Å². The summed E-state index contributed by atoms with van der Waals surface area (Å²) in [4.78, 5) is 1.19. The number of hydrogen-bond acceptors (Lipinski definition) is 3. The summed E-state index contributed by atoms with van der Waals surface area (Å²) in [6, 6.07) is 2.05. The van der Waals surface area contributed by atoms with Gasteiger partial charge in [-0.25, -0.2) is 0 Å². The van der Waals surface area contributed by atoms with Gasteiger partial charge in [-0.05, 0) is 35.3 Å². The first-order valence-electron chi connectivity index (χ1n) is 4.48. The molecule has 0 saturated heterocycles. The topological polar surface area (TPSA) is 29.5 Å². The van der Waals surface area contributed by atoms with E-state index in [-0.39, 0.29) is 0 Å². The van der Waals surface area contributed by atoms with Crippen molar-refractivity contribution in [2.75, 3.05) is 13.7 Å². The molecule has 1 aromatic rings. The molecule has 1 N–H and O–H groups in total. The van der Waals surface area contributed by atoms with Crippen molar-refractivity contribution in [2.45, 2.75) is 25.4 Å². The fourth-order valence-corrected chi connectivity index (χ4v) is 2.86. The number of thiophene rings is 1. The third-order valence-electron chi connectivity index (χ3n) is 2.02. The summed E-state index contributed by atoms with van der Waals surface area (Å²) in [5, 5.41) is 12.0. The second-order valence-corrected chi connectivity index (χ2v) is 5.56. The van der Waals surface area contributed by atoms with Gasteiger partial charge >= 0.3 is 0 Å². The molecule has 0 spiro atoms. The molecule has 0 amide bonds. The summed E-state index contributed by atoms with van der Waals surface area (Å²) in [5.74, 6) is 0. The van der Waals surface area contributed by atoms with Crippen molar-refractivity contribution in [3.63, 3.8) is 0 Å². The molecule has 0 aliphatic heterocycles. The molecule has 1 aromatic heterocycles.